The van der Waals surface area contributed by atoms with Crippen molar-refractivity contribution in [1.29, 1.82) is 0 Å². The monoisotopic (exact) mass is 309 g/mol. The summed E-state index contributed by atoms with van der Waals surface area (Å²) in [6.07, 6.45) is 4.85. The Bertz CT molecular complexity index is 573. The van der Waals surface area contributed by atoms with Gasteiger partial charge in [-0.15, -0.1) is 0 Å². The lowest BCUT2D eigenvalue weighted by Crippen LogP contribution is -2.43. The topological polar surface area (TPSA) is 70.2 Å². The van der Waals surface area contributed by atoms with E-state index in [4.69, 9.17) is 0 Å². The van der Waals surface area contributed by atoms with Crippen molar-refractivity contribution in [3.63, 3.8) is 0 Å². The van der Waals surface area contributed by atoms with Crippen LogP contribution in [0.2, 0.25) is 0 Å². The Morgan fingerprint density at radius 3 is 2.33 bits per heavy atom. The molecule has 1 aromatic rings. The third-order valence-corrected chi connectivity index (χ3v) is 5.90. The van der Waals surface area contributed by atoms with Gasteiger partial charge in [0.2, 0.25) is 10.0 Å². The van der Waals surface area contributed by atoms with Crippen LogP contribution < -0.4 is 15.4 Å². The van der Waals surface area contributed by atoms with Crippen LogP contribution in [0.5, 0.6) is 0 Å². The van der Waals surface area contributed by atoms with Crippen molar-refractivity contribution < 1.29 is 8.42 Å². The van der Waals surface area contributed by atoms with Crippen LogP contribution in [-0.2, 0) is 10.0 Å². The molecule has 5 nitrogen and oxygen atoms in total. The number of hydrogen-bond acceptors (Lipinski definition) is 4. The summed E-state index contributed by atoms with van der Waals surface area (Å²) >= 11 is 0. The largest absolute Gasteiger partial charge is 0.382 e. The van der Waals surface area contributed by atoms with Crippen molar-refractivity contribution in [2.24, 2.45) is 0 Å². The van der Waals surface area contributed by atoms with Crippen LogP contribution in [0, 0.1) is 0 Å². The molecule has 3 N–H and O–H groups in total. The maximum absolute atomic E-state index is 11.9. The molecule has 0 aliphatic carbocycles. The van der Waals surface area contributed by atoms with Crippen LogP contribution in [0.4, 0.5) is 5.69 Å². The zero-order chi connectivity index (χ0) is 14.9. The third kappa shape index (κ3) is 3.39. The van der Waals surface area contributed by atoms with Gasteiger partial charge in [0.25, 0.3) is 0 Å². The molecule has 0 aromatic heterocycles. The SMILES string of the molecule is CCNS(=O)(=O)c1ccc(NC2CC3CCC(C2)N3)cc1. The van der Waals surface area contributed by atoms with E-state index < -0.39 is 10.0 Å². The number of sulfonamides is 1. The van der Waals surface area contributed by atoms with E-state index in [9.17, 15) is 8.42 Å². The van der Waals surface area contributed by atoms with Gasteiger partial charge in [0, 0.05) is 30.4 Å². The molecule has 3 rings (SSSR count). The molecule has 2 fully saturated rings. The molecule has 2 aliphatic rings. The number of rotatable bonds is 5. The zero-order valence-corrected chi connectivity index (χ0v) is 13.1. The minimum absolute atomic E-state index is 0.320. The van der Waals surface area contributed by atoms with E-state index in [2.05, 4.69) is 15.4 Å². The summed E-state index contributed by atoms with van der Waals surface area (Å²) in [5.74, 6) is 0. The van der Waals surface area contributed by atoms with Crippen molar-refractivity contribution in [1.82, 2.24) is 10.0 Å². The molecular formula is C15H23N3O2S. The predicted molar refractivity (Wildman–Crippen MR) is 83.9 cm³/mol. The standard InChI is InChI=1S/C15H23N3O2S/c1-2-16-21(19,20)15-7-5-11(6-8-15)17-14-9-12-3-4-13(10-14)18-12/h5-8,12-14,16-18H,2-4,9-10H2,1H3. The summed E-state index contributed by atoms with van der Waals surface area (Å²) in [5, 5.41) is 7.16. The maximum Gasteiger partial charge on any atom is 0.240 e. The second-order valence-electron chi connectivity index (χ2n) is 5.98. The molecule has 0 amide bonds. The van der Waals surface area contributed by atoms with Gasteiger partial charge >= 0.3 is 0 Å². The maximum atomic E-state index is 11.9. The number of nitrogens with one attached hydrogen (secondary N) is 3. The van der Waals surface area contributed by atoms with Gasteiger partial charge in [0.1, 0.15) is 0 Å². The molecule has 0 saturated carbocycles. The predicted octanol–water partition coefficient (Wildman–Crippen LogP) is 1.68. The molecule has 2 aliphatic heterocycles. The first-order chi connectivity index (χ1) is 10.1. The Morgan fingerprint density at radius 2 is 1.76 bits per heavy atom. The van der Waals surface area contributed by atoms with Crippen LogP contribution in [-0.4, -0.2) is 33.1 Å². The molecular weight excluding hydrogens is 286 g/mol. The number of hydrogen-bond donors (Lipinski definition) is 3. The van der Waals surface area contributed by atoms with E-state index in [-0.39, 0.29) is 0 Å². The highest BCUT2D eigenvalue weighted by Gasteiger charge is 2.33. The number of anilines is 1. The minimum atomic E-state index is -3.36. The third-order valence-electron chi connectivity index (χ3n) is 4.34. The van der Waals surface area contributed by atoms with Crippen molar-refractivity contribution in [2.45, 2.75) is 55.6 Å². The van der Waals surface area contributed by atoms with E-state index in [1.165, 1.54) is 12.8 Å². The van der Waals surface area contributed by atoms with E-state index in [1.54, 1.807) is 19.1 Å². The summed E-state index contributed by atoms with van der Waals surface area (Å²) in [5.41, 5.74) is 0.997. The van der Waals surface area contributed by atoms with Crippen molar-refractivity contribution in [3.8, 4) is 0 Å². The second-order valence-corrected chi connectivity index (χ2v) is 7.74. The Kier molecular flexibility index (Phi) is 4.19. The molecule has 116 valence electrons. The Labute approximate surface area is 126 Å². The lowest BCUT2D eigenvalue weighted by atomic mass is 9.99. The Morgan fingerprint density at radius 1 is 1.14 bits per heavy atom. The van der Waals surface area contributed by atoms with Gasteiger partial charge in [0.15, 0.2) is 0 Å². The van der Waals surface area contributed by atoms with Gasteiger partial charge in [-0.1, -0.05) is 6.92 Å². The number of piperidine rings is 1. The fourth-order valence-electron chi connectivity index (χ4n) is 3.41. The highest BCUT2D eigenvalue weighted by Crippen LogP contribution is 2.28. The molecule has 1 aromatic carbocycles. The van der Waals surface area contributed by atoms with Crippen LogP contribution in [0.25, 0.3) is 0 Å². The molecule has 2 heterocycles. The van der Waals surface area contributed by atoms with Crippen LogP contribution in [0.15, 0.2) is 29.2 Å². The lowest BCUT2D eigenvalue weighted by Gasteiger charge is -2.30. The fourth-order valence-corrected chi connectivity index (χ4v) is 4.46. The minimum Gasteiger partial charge on any atom is -0.382 e. The summed E-state index contributed by atoms with van der Waals surface area (Å²) < 4.78 is 26.3. The fraction of sp³-hybridized carbons (Fsp3) is 0.600. The smallest absolute Gasteiger partial charge is 0.240 e. The summed E-state index contributed by atoms with van der Waals surface area (Å²) in [4.78, 5) is 0.320. The lowest BCUT2D eigenvalue weighted by molar-refractivity contribution is 0.378. The summed E-state index contributed by atoms with van der Waals surface area (Å²) in [6, 6.07) is 8.82. The van der Waals surface area contributed by atoms with Crippen molar-refractivity contribution >= 4 is 15.7 Å². The highest BCUT2D eigenvalue weighted by molar-refractivity contribution is 7.89. The first-order valence-corrected chi connectivity index (χ1v) is 9.17. The molecule has 2 atom stereocenters. The van der Waals surface area contributed by atoms with E-state index in [0.29, 0.717) is 29.6 Å². The molecule has 0 radical (unpaired) electrons. The van der Waals surface area contributed by atoms with Gasteiger partial charge in [-0.25, -0.2) is 13.1 Å². The summed E-state index contributed by atoms with van der Waals surface area (Å²) in [6.45, 7) is 2.18. The molecule has 2 unspecified atom stereocenters. The Balaban J connectivity index is 1.65. The average molecular weight is 309 g/mol. The molecule has 2 bridgehead atoms. The van der Waals surface area contributed by atoms with Crippen molar-refractivity contribution in [2.75, 3.05) is 11.9 Å². The van der Waals surface area contributed by atoms with Crippen LogP contribution >= 0.6 is 0 Å². The van der Waals surface area contributed by atoms with Gasteiger partial charge in [0.05, 0.1) is 4.90 Å². The normalized spacial score (nSPS) is 28.5. The number of benzene rings is 1. The quantitative estimate of drug-likeness (QED) is 0.774. The van der Waals surface area contributed by atoms with Gasteiger partial charge < -0.3 is 10.6 Å². The molecule has 0 spiro atoms. The first kappa shape index (κ1) is 14.8. The van der Waals surface area contributed by atoms with Gasteiger partial charge in [-0.2, -0.15) is 0 Å². The average Bonchev–Trinajstić information content (AvgIpc) is 2.78. The van der Waals surface area contributed by atoms with Gasteiger partial charge in [-0.3, -0.25) is 0 Å². The van der Waals surface area contributed by atoms with E-state index >= 15 is 0 Å². The second kappa shape index (κ2) is 5.94. The van der Waals surface area contributed by atoms with Crippen molar-refractivity contribution in [3.05, 3.63) is 24.3 Å². The summed E-state index contributed by atoms with van der Waals surface area (Å²) in [7, 11) is -3.36. The van der Waals surface area contributed by atoms with Gasteiger partial charge in [-0.05, 0) is 49.9 Å². The zero-order valence-electron chi connectivity index (χ0n) is 12.3. The van der Waals surface area contributed by atoms with E-state index in [0.717, 1.165) is 18.5 Å². The first-order valence-electron chi connectivity index (χ1n) is 7.69. The van der Waals surface area contributed by atoms with Crippen LogP contribution in [0.1, 0.15) is 32.6 Å². The highest BCUT2D eigenvalue weighted by atomic mass is 32.2. The molecule has 21 heavy (non-hydrogen) atoms. The molecule has 6 heteroatoms. The molecule has 2 saturated heterocycles. The van der Waals surface area contributed by atoms with Crippen LogP contribution in [0.3, 0.4) is 0 Å². The van der Waals surface area contributed by atoms with E-state index in [1.807, 2.05) is 12.1 Å². The Hall–Kier alpha value is -1.11. The number of fused-ring (bicyclic) bond motifs is 2.